The molecule has 1 saturated heterocycles. The van der Waals surface area contributed by atoms with Gasteiger partial charge in [0.25, 0.3) is 0 Å². The summed E-state index contributed by atoms with van der Waals surface area (Å²) in [6.45, 7) is 12.6. The number of guanidine groups is 1. The Hall–Kier alpha value is -1.79. The Balaban J connectivity index is 1.31. The minimum atomic E-state index is -0.00119. The number of nitrogens with zero attached hydrogens (tertiary/aromatic N) is 3. The molecule has 6 nitrogen and oxygen atoms in total. The summed E-state index contributed by atoms with van der Waals surface area (Å²) in [6, 6.07) is 8.76. The van der Waals surface area contributed by atoms with E-state index < -0.39 is 0 Å². The van der Waals surface area contributed by atoms with E-state index in [0.29, 0.717) is 5.92 Å². The third-order valence-electron chi connectivity index (χ3n) is 7.35. The van der Waals surface area contributed by atoms with Gasteiger partial charge in [-0.05, 0) is 44.2 Å². The number of hydrogen-bond acceptors (Lipinski definition) is 4. The summed E-state index contributed by atoms with van der Waals surface area (Å²) in [5.74, 6) is 2.52. The molecule has 2 unspecified atom stereocenters. The zero-order valence-electron chi connectivity index (χ0n) is 19.7. The van der Waals surface area contributed by atoms with E-state index in [4.69, 9.17) is 4.74 Å². The van der Waals surface area contributed by atoms with Crippen LogP contribution in [-0.2, 0) is 0 Å². The normalized spacial score (nSPS) is 25.1. The minimum absolute atomic E-state index is 0.00119. The quantitative estimate of drug-likeness (QED) is 0.539. The van der Waals surface area contributed by atoms with Gasteiger partial charge in [-0.3, -0.25) is 4.99 Å². The average Bonchev–Trinajstić information content (AvgIpc) is 3.24. The molecule has 0 aromatic heterocycles. The summed E-state index contributed by atoms with van der Waals surface area (Å²) in [5, 5.41) is 7.32. The van der Waals surface area contributed by atoms with Crippen LogP contribution >= 0.6 is 0 Å². The molecule has 2 atom stereocenters. The number of ether oxygens (including phenoxy) is 1. The van der Waals surface area contributed by atoms with Crippen LogP contribution in [0.1, 0.15) is 57.6 Å². The largest absolute Gasteiger partial charge is 0.487 e. The Morgan fingerprint density at radius 1 is 1.16 bits per heavy atom. The lowest BCUT2D eigenvalue weighted by molar-refractivity contribution is 0.0396. The SMILES string of the molecule is CCN1CCN(CC(C)CNC(=NC)NC2CC3(CCCC3)Oc3ccccc32)CC1. The molecule has 4 rings (SSSR count). The van der Waals surface area contributed by atoms with Crippen LogP contribution in [0.25, 0.3) is 0 Å². The fraction of sp³-hybridized carbons (Fsp3) is 0.720. The van der Waals surface area contributed by atoms with Gasteiger partial charge in [0.1, 0.15) is 11.4 Å². The minimum Gasteiger partial charge on any atom is -0.487 e. The van der Waals surface area contributed by atoms with Crippen LogP contribution in [0.2, 0.25) is 0 Å². The van der Waals surface area contributed by atoms with Crippen molar-refractivity contribution in [3.63, 3.8) is 0 Å². The lowest BCUT2D eigenvalue weighted by Crippen LogP contribution is -2.49. The highest BCUT2D eigenvalue weighted by Gasteiger charge is 2.43. The van der Waals surface area contributed by atoms with E-state index in [1.54, 1.807) is 0 Å². The fourth-order valence-corrected chi connectivity index (χ4v) is 5.50. The number of nitrogens with one attached hydrogen (secondary N) is 2. The molecule has 1 aromatic rings. The number of rotatable bonds is 6. The molecule has 6 heteroatoms. The van der Waals surface area contributed by atoms with Gasteiger partial charge >= 0.3 is 0 Å². The van der Waals surface area contributed by atoms with E-state index in [2.05, 4.69) is 63.5 Å². The van der Waals surface area contributed by atoms with Crippen molar-refractivity contribution in [2.24, 2.45) is 10.9 Å². The Morgan fingerprint density at radius 2 is 1.87 bits per heavy atom. The van der Waals surface area contributed by atoms with Crippen molar-refractivity contribution < 1.29 is 4.74 Å². The molecule has 0 bridgehead atoms. The molecule has 2 aliphatic heterocycles. The molecule has 1 saturated carbocycles. The van der Waals surface area contributed by atoms with E-state index in [1.807, 2.05) is 7.05 Å². The Kier molecular flexibility index (Phi) is 7.39. The van der Waals surface area contributed by atoms with Gasteiger partial charge in [0.05, 0.1) is 6.04 Å². The first-order valence-corrected chi connectivity index (χ1v) is 12.3. The first-order chi connectivity index (χ1) is 15.1. The van der Waals surface area contributed by atoms with E-state index >= 15 is 0 Å². The smallest absolute Gasteiger partial charge is 0.191 e. The standard InChI is InChI=1S/C25H41N5O/c1-4-29-13-15-30(16-14-29)19-20(2)18-27-24(26-3)28-22-17-25(11-7-8-12-25)31-23-10-6-5-9-21(22)23/h5-6,9-10,20,22H,4,7-8,11-19H2,1-3H3,(H2,26,27,28). The first-order valence-electron chi connectivity index (χ1n) is 12.3. The van der Waals surface area contributed by atoms with Crippen molar-refractivity contribution in [1.82, 2.24) is 20.4 Å². The van der Waals surface area contributed by atoms with Crippen molar-refractivity contribution >= 4 is 5.96 Å². The molecule has 2 N–H and O–H groups in total. The van der Waals surface area contributed by atoms with Gasteiger partial charge in [-0.15, -0.1) is 0 Å². The second kappa shape index (κ2) is 10.2. The maximum atomic E-state index is 6.52. The van der Waals surface area contributed by atoms with Crippen LogP contribution in [0.3, 0.4) is 0 Å². The van der Waals surface area contributed by atoms with Gasteiger partial charge < -0.3 is 25.2 Å². The van der Waals surface area contributed by atoms with Crippen molar-refractivity contribution in [1.29, 1.82) is 0 Å². The van der Waals surface area contributed by atoms with Gasteiger partial charge in [0.15, 0.2) is 5.96 Å². The summed E-state index contributed by atoms with van der Waals surface area (Å²) in [5.41, 5.74) is 1.25. The highest BCUT2D eigenvalue weighted by molar-refractivity contribution is 5.80. The number of aliphatic imine (C=N–C) groups is 1. The van der Waals surface area contributed by atoms with Gasteiger partial charge in [-0.25, -0.2) is 0 Å². The summed E-state index contributed by atoms with van der Waals surface area (Å²) in [6.07, 6.45) is 5.88. The second-order valence-corrected chi connectivity index (χ2v) is 9.72. The topological polar surface area (TPSA) is 52.1 Å². The maximum Gasteiger partial charge on any atom is 0.191 e. The fourth-order valence-electron chi connectivity index (χ4n) is 5.50. The zero-order chi connectivity index (χ0) is 21.7. The second-order valence-electron chi connectivity index (χ2n) is 9.72. The lowest BCUT2D eigenvalue weighted by Gasteiger charge is -2.40. The van der Waals surface area contributed by atoms with Crippen LogP contribution in [0.5, 0.6) is 5.75 Å². The van der Waals surface area contributed by atoms with Crippen LogP contribution in [-0.4, -0.2) is 74.2 Å². The molecule has 1 spiro atoms. The highest BCUT2D eigenvalue weighted by atomic mass is 16.5. The molecule has 3 aliphatic rings. The number of benzene rings is 1. The predicted octanol–water partition coefficient (Wildman–Crippen LogP) is 3.26. The van der Waals surface area contributed by atoms with Gasteiger partial charge in [0, 0.05) is 58.3 Å². The van der Waals surface area contributed by atoms with Gasteiger partial charge in [-0.1, -0.05) is 32.0 Å². The first kappa shape index (κ1) is 22.4. The Labute approximate surface area is 188 Å². The number of likely N-dealkylation sites (N-methyl/N-ethyl adjacent to an activating group) is 1. The molecular formula is C25H41N5O. The van der Waals surface area contributed by atoms with Crippen molar-refractivity contribution in [3.8, 4) is 5.75 Å². The van der Waals surface area contributed by atoms with Crippen molar-refractivity contribution in [2.75, 3.05) is 52.9 Å². The third kappa shape index (κ3) is 5.53. The Morgan fingerprint density at radius 3 is 2.58 bits per heavy atom. The summed E-state index contributed by atoms with van der Waals surface area (Å²) < 4.78 is 6.52. The lowest BCUT2D eigenvalue weighted by atomic mass is 9.86. The van der Waals surface area contributed by atoms with Crippen LogP contribution in [0.4, 0.5) is 0 Å². The highest BCUT2D eigenvalue weighted by Crippen LogP contribution is 2.46. The van der Waals surface area contributed by atoms with E-state index in [9.17, 15) is 0 Å². The van der Waals surface area contributed by atoms with Crippen molar-refractivity contribution in [2.45, 2.75) is 57.6 Å². The Bertz CT molecular complexity index is 737. The molecule has 2 heterocycles. The molecular weight excluding hydrogens is 386 g/mol. The molecule has 172 valence electrons. The molecule has 0 radical (unpaired) electrons. The van der Waals surface area contributed by atoms with Gasteiger partial charge in [0.2, 0.25) is 0 Å². The molecule has 0 amide bonds. The average molecular weight is 428 g/mol. The van der Waals surface area contributed by atoms with E-state index in [-0.39, 0.29) is 11.6 Å². The molecule has 1 aromatic carbocycles. The third-order valence-corrected chi connectivity index (χ3v) is 7.35. The van der Waals surface area contributed by atoms with E-state index in [1.165, 1.54) is 51.1 Å². The zero-order valence-corrected chi connectivity index (χ0v) is 19.7. The predicted molar refractivity (Wildman–Crippen MR) is 128 cm³/mol. The number of para-hydroxylation sites is 1. The van der Waals surface area contributed by atoms with Crippen molar-refractivity contribution in [3.05, 3.63) is 29.8 Å². The van der Waals surface area contributed by atoms with Crippen LogP contribution in [0, 0.1) is 5.92 Å². The molecule has 2 fully saturated rings. The number of fused-ring (bicyclic) bond motifs is 1. The summed E-state index contributed by atoms with van der Waals surface area (Å²) in [4.78, 5) is 9.68. The van der Waals surface area contributed by atoms with Crippen LogP contribution in [0.15, 0.2) is 29.3 Å². The summed E-state index contributed by atoms with van der Waals surface area (Å²) in [7, 11) is 1.88. The van der Waals surface area contributed by atoms with Crippen LogP contribution < -0.4 is 15.4 Å². The number of hydrogen-bond donors (Lipinski definition) is 2. The van der Waals surface area contributed by atoms with E-state index in [0.717, 1.165) is 44.1 Å². The maximum absolute atomic E-state index is 6.52. The molecule has 31 heavy (non-hydrogen) atoms. The van der Waals surface area contributed by atoms with Gasteiger partial charge in [-0.2, -0.15) is 0 Å². The monoisotopic (exact) mass is 427 g/mol. The number of piperazine rings is 1. The summed E-state index contributed by atoms with van der Waals surface area (Å²) >= 11 is 0. The molecule has 1 aliphatic carbocycles.